The zero-order valence-electron chi connectivity index (χ0n) is 19.4. The Morgan fingerprint density at radius 3 is 2.27 bits per heavy atom. The van der Waals surface area contributed by atoms with E-state index < -0.39 is 0 Å². The summed E-state index contributed by atoms with van der Waals surface area (Å²) in [5.41, 5.74) is 4.08. The minimum atomic E-state index is -0.328. The zero-order chi connectivity index (χ0) is 23.5. The molecule has 1 fully saturated rings. The molecule has 1 atom stereocenters. The van der Waals surface area contributed by atoms with E-state index in [9.17, 15) is 14.4 Å². The summed E-state index contributed by atoms with van der Waals surface area (Å²) >= 11 is 0. The summed E-state index contributed by atoms with van der Waals surface area (Å²) in [7, 11) is 3.18. The molecule has 172 valence electrons. The molecule has 0 saturated carbocycles. The molecular formula is C26H30N4O3. The lowest BCUT2D eigenvalue weighted by Crippen LogP contribution is -2.42. The van der Waals surface area contributed by atoms with Crippen LogP contribution in [0.4, 0.5) is 0 Å². The van der Waals surface area contributed by atoms with Gasteiger partial charge in [0.2, 0.25) is 5.91 Å². The molecule has 1 aromatic heterocycles. The summed E-state index contributed by atoms with van der Waals surface area (Å²) in [6.07, 6.45) is 0.627. The van der Waals surface area contributed by atoms with Crippen LogP contribution in [0.1, 0.15) is 16.8 Å². The van der Waals surface area contributed by atoms with Gasteiger partial charge in [-0.05, 0) is 30.0 Å². The predicted molar refractivity (Wildman–Crippen MR) is 129 cm³/mol. The highest BCUT2D eigenvalue weighted by Gasteiger charge is 2.26. The average molecular weight is 447 g/mol. The molecule has 33 heavy (non-hydrogen) atoms. The first kappa shape index (κ1) is 22.7. The Bertz CT molecular complexity index is 1260. The second-order valence-electron chi connectivity index (χ2n) is 8.76. The number of benzene rings is 2. The van der Waals surface area contributed by atoms with Gasteiger partial charge in [0, 0.05) is 46.0 Å². The monoisotopic (exact) mass is 446 g/mol. The minimum Gasteiger partial charge on any atom is -0.355 e. The van der Waals surface area contributed by atoms with Crippen molar-refractivity contribution in [2.24, 2.45) is 20.0 Å². The molecule has 1 aliphatic heterocycles. The highest BCUT2D eigenvalue weighted by atomic mass is 16.2. The Morgan fingerprint density at radius 1 is 0.909 bits per heavy atom. The molecule has 1 N–H and O–H groups in total. The van der Waals surface area contributed by atoms with Gasteiger partial charge in [-0.2, -0.15) is 0 Å². The van der Waals surface area contributed by atoms with Gasteiger partial charge >= 0.3 is 5.69 Å². The largest absolute Gasteiger partial charge is 0.355 e. The summed E-state index contributed by atoms with van der Waals surface area (Å²) in [5.74, 6) is -0.179. The van der Waals surface area contributed by atoms with Gasteiger partial charge in [0.25, 0.3) is 5.56 Å². The lowest BCUT2D eigenvalue weighted by molar-refractivity contribution is -0.124. The molecule has 0 spiro atoms. The highest BCUT2D eigenvalue weighted by Crippen LogP contribution is 2.21. The molecule has 0 aliphatic carbocycles. The summed E-state index contributed by atoms with van der Waals surface area (Å²) in [6.45, 7) is 3.95. The van der Waals surface area contributed by atoms with Crippen molar-refractivity contribution in [3.05, 3.63) is 92.3 Å². The predicted octanol–water partition coefficient (Wildman–Crippen LogP) is 1.85. The number of carbonyl (C=O) groups is 1. The summed E-state index contributed by atoms with van der Waals surface area (Å²) in [4.78, 5) is 39.8. The van der Waals surface area contributed by atoms with Crippen LogP contribution in [-0.2, 0) is 31.9 Å². The number of carbonyl (C=O) groups excluding carboxylic acids is 1. The van der Waals surface area contributed by atoms with Crippen LogP contribution >= 0.6 is 0 Å². The first-order chi connectivity index (χ1) is 15.8. The van der Waals surface area contributed by atoms with Gasteiger partial charge in [-0.15, -0.1) is 0 Å². The molecule has 7 nitrogen and oxygen atoms in total. The highest BCUT2D eigenvalue weighted by molar-refractivity contribution is 5.79. The van der Waals surface area contributed by atoms with Crippen molar-refractivity contribution in [3.8, 4) is 11.1 Å². The fraction of sp³-hybridized carbons (Fsp3) is 0.346. The van der Waals surface area contributed by atoms with E-state index in [-0.39, 0.29) is 23.1 Å². The maximum atomic E-state index is 12.7. The van der Waals surface area contributed by atoms with Crippen LogP contribution in [-0.4, -0.2) is 39.6 Å². The van der Waals surface area contributed by atoms with E-state index in [1.54, 1.807) is 14.0 Å². The SMILES string of the molecule is Cc1c(CN2CCNC(=O)[C@@H](Cc3ccc(-c4ccccc4)cc3)C2)c(=O)n(C)c(=O)n1C. The third-order valence-electron chi connectivity index (χ3n) is 6.58. The molecule has 1 aliphatic rings. The summed E-state index contributed by atoms with van der Waals surface area (Å²) in [6, 6.07) is 18.6. The van der Waals surface area contributed by atoms with E-state index in [0.29, 0.717) is 43.9 Å². The van der Waals surface area contributed by atoms with Crippen LogP contribution in [0.5, 0.6) is 0 Å². The fourth-order valence-corrected chi connectivity index (χ4v) is 4.44. The number of hydrogen-bond donors (Lipinski definition) is 1. The minimum absolute atomic E-state index is 0.0368. The molecule has 0 radical (unpaired) electrons. The van der Waals surface area contributed by atoms with Crippen LogP contribution in [0.15, 0.2) is 64.2 Å². The van der Waals surface area contributed by atoms with E-state index in [1.807, 2.05) is 18.2 Å². The molecule has 2 aromatic carbocycles. The molecule has 7 heteroatoms. The second-order valence-corrected chi connectivity index (χ2v) is 8.76. The molecule has 1 amide bonds. The van der Waals surface area contributed by atoms with Gasteiger partial charge in [0.15, 0.2) is 0 Å². The van der Waals surface area contributed by atoms with Gasteiger partial charge in [0.05, 0.1) is 11.5 Å². The summed E-state index contributed by atoms with van der Waals surface area (Å²) in [5, 5.41) is 3.01. The van der Waals surface area contributed by atoms with E-state index in [0.717, 1.165) is 21.3 Å². The van der Waals surface area contributed by atoms with E-state index in [4.69, 9.17) is 0 Å². The molecule has 0 unspecified atom stereocenters. The van der Waals surface area contributed by atoms with Gasteiger partial charge in [-0.25, -0.2) is 4.79 Å². The smallest absolute Gasteiger partial charge is 0.330 e. The van der Waals surface area contributed by atoms with Crippen LogP contribution in [0.25, 0.3) is 11.1 Å². The average Bonchev–Trinajstić information content (AvgIpc) is 3.01. The number of rotatable bonds is 5. The maximum absolute atomic E-state index is 12.7. The van der Waals surface area contributed by atoms with Gasteiger partial charge < -0.3 is 9.88 Å². The third-order valence-corrected chi connectivity index (χ3v) is 6.58. The number of amides is 1. The molecule has 4 rings (SSSR count). The second kappa shape index (κ2) is 9.58. The van der Waals surface area contributed by atoms with E-state index in [2.05, 4.69) is 46.6 Å². The molecule has 3 aromatic rings. The van der Waals surface area contributed by atoms with Crippen LogP contribution in [0, 0.1) is 12.8 Å². The van der Waals surface area contributed by atoms with Gasteiger partial charge in [-0.3, -0.25) is 19.1 Å². The third kappa shape index (κ3) is 4.83. The topological polar surface area (TPSA) is 76.3 Å². The Morgan fingerprint density at radius 2 is 1.58 bits per heavy atom. The number of nitrogens with zero attached hydrogens (tertiary/aromatic N) is 3. The Kier molecular flexibility index (Phi) is 6.60. The number of hydrogen-bond acceptors (Lipinski definition) is 4. The molecule has 0 bridgehead atoms. The number of nitrogens with one attached hydrogen (secondary N) is 1. The molecule has 2 heterocycles. The maximum Gasteiger partial charge on any atom is 0.330 e. The van der Waals surface area contributed by atoms with Gasteiger partial charge in [-0.1, -0.05) is 54.6 Å². The Balaban J connectivity index is 1.52. The van der Waals surface area contributed by atoms with Crippen LogP contribution in [0.3, 0.4) is 0 Å². The van der Waals surface area contributed by atoms with Crippen LogP contribution < -0.4 is 16.6 Å². The van der Waals surface area contributed by atoms with Crippen molar-refractivity contribution in [1.29, 1.82) is 0 Å². The van der Waals surface area contributed by atoms with E-state index >= 15 is 0 Å². The lowest BCUT2D eigenvalue weighted by Gasteiger charge is -2.24. The van der Waals surface area contributed by atoms with Gasteiger partial charge in [0.1, 0.15) is 0 Å². The number of aromatic nitrogens is 2. The van der Waals surface area contributed by atoms with Crippen molar-refractivity contribution >= 4 is 5.91 Å². The first-order valence-electron chi connectivity index (χ1n) is 11.2. The normalized spacial score (nSPS) is 16.9. The fourth-order valence-electron chi connectivity index (χ4n) is 4.44. The van der Waals surface area contributed by atoms with Crippen molar-refractivity contribution in [1.82, 2.24) is 19.4 Å². The first-order valence-corrected chi connectivity index (χ1v) is 11.2. The van der Waals surface area contributed by atoms with E-state index in [1.165, 1.54) is 11.6 Å². The van der Waals surface area contributed by atoms with Crippen molar-refractivity contribution in [3.63, 3.8) is 0 Å². The van der Waals surface area contributed by atoms with Crippen molar-refractivity contribution in [2.45, 2.75) is 19.9 Å². The zero-order valence-corrected chi connectivity index (χ0v) is 19.4. The Labute approximate surface area is 193 Å². The van der Waals surface area contributed by atoms with Crippen molar-refractivity contribution in [2.75, 3.05) is 19.6 Å². The quantitative estimate of drug-likeness (QED) is 0.649. The molecule has 1 saturated heterocycles. The summed E-state index contributed by atoms with van der Waals surface area (Å²) < 4.78 is 2.65. The lowest BCUT2D eigenvalue weighted by atomic mass is 9.96. The molecular weight excluding hydrogens is 416 g/mol. The van der Waals surface area contributed by atoms with Crippen LogP contribution in [0.2, 0.25) is 0 Å². The Hall–Kier alpha value is -3.45. The standard InChI is InChI=1S/C26H30N4O3/c1-18-23(25(32)29(3)26(33)28(18)2)17-30-14-13-27-24(31)22(16-30)15-19-9-11-21(12-10-19)20-7-5-4-6-8-20/h4-12,22H,13-17H2,1-3H3,(H,27,31)/t22-/m0/s1. The van der Waals surface area contributed by atoms with Crippen molar-refractivity contribution < 1.29 is 4.79 Å².